The van der Waals surface area contributed by atoms with Crippen LogP contribution in [-0.2, 0) is 6.42 Å². The zero-order valence-electron chi connectivity index (χ0n) is 11.6. The van der Waals surface area contributed by atoms with Crippen molar-refractivity contribution in [1.82, 2.24) is 15.2 Å². The lowest BCUT2D eigenvalue weighted by atomic mass is 10.1. The van der Waals surface area contributed by atoms with E-state index in [-0.39, 0.29) is 0 Å². The Morgan fingerprint density at radius 1 is 1.56 bits per heavy atom. The van der Waals surface area contributed by atoms with E-state index >= 15 is 0 Å². The van der Waals surface area contributed by atoms with Crippen LogP contribution in [-0.4, -0.2) is 42.6 Å². The fourth-order valence-corrected chi connectivity index (χ4v) is 3.10. The van der Waals surface area contributed by atoms with Crippen molar-refractivity contribution in [3.8, 4) is 0 Å². The maximum Gasteiger partial charge on any atom is 0.0937 e. The SMILES string of the molecule is CC(C)CNCC1CCN(CCc2nccs2)C1. The lowest BCUT2D eigenvalue weighted by Crippen LogP contribution is -2.29. The molecule has 1 aliphatic heterocycles. The lowest BCUT2D eigenvalue weighted by Gasteiger charge is -2.16. The molecule has 1 aromatic heterocycles. The number of hydrogen-bond acceptors (Lipinski definition) is 4. The number of nitrogens with zero attached hydrogens (tertiary/aromatic N) is 2. The van der Waals surface area contributed by atoms with E-state index < -0.39 is 0 Å². The van der Waals surface area contributed by atoms with E-state index in [4.69, 9.17) is 0 Å². The van der Waals surface area contributed by atoms with Crippen molar-refractivity contribution < 1.29 is 0 Å². The summed E-state index contributed by atoms with van der Waals surface area (Å²) in [5.74, 6) is 1.60. The van der Waals surface area contributed by atoms with Gasteiger partial charge in [0.15, 0.2) is 0 Å². The highest BCUT2D eigenvalue weighted by molar-refractivity contribution is 7.09. The Morgan fingerprint density at radius 3 is 3.17 bits per heavy atom. The molecule has 0 spiro atoms. The van der Waals surface area contributed by atoms with Crippen molar-refractivity contribution >= 4 is 11.3 Å². The van der Waals surface area contributed by atoms with Gasteiger partial charge in [0.2, 0.25) is 0 Å². The fraction of sp³-hybridized carbons (Fsp3) is 0.786. The topological polar surface area (TPSA) is 28.2 Å². The number of rotatable bonds is 7. The first kappa shape index (κ1) is 14.0. The summed E-state index contributed by atoms with van der Waals surface area (Å²) in [6, 6.07) is 0. The number of aromatic nitrogens is 1. The standard InChI is InChI=1S/C14H25N3S/c1-12(2)9-15-10-13-3-6-17(11-13)7-4-14-16-5-8-18-14/h5,8,12-13,15H,3-4,6-7,9-11H2,1-2H3. The summed E-state index contributed by atoms with van der Waals surface area (Å²) in [7, 11) is 0. The minimum Gasteiger partial charge on any atom is -0.316 e. The molecular formula is C14H25N3S. The van der Waals surface area contributed by atoms with Crippen LogP contribution in [0.1, 0.15) is 25.3 Å². The average Bonchev–Trinajstić information content (AvgIpc) is 2.96. The van der Waals surface area contributed by atoms with E-state index in [1.807, 2.05) is 6.20 Å². The molecule has 0 aromatic carbocycles. The number of nitrogens with one attached hydrogen (secondary N) is 1. The summed E-state index contributed by atoms with van der Waals surface area (Å²) < 4.78 is 0. The number of hydrogen-bond donors (Lipinski definition) is 1. The van der Waals surface area contributed by atoms with Gasteiger partial charge in [-0.25, -0.2) is 4.98 Å². The second-order valence-electron chi connectivity index (χ2n) is 5.68. The van der Waals surface area contributed by atoms with Gasteiger partial charge in [0, 0.05) is 31.1 Å². The molecule has 1 fully saturated rings. The molecule has 1 atom stereocenters. The summed E-state index contributed by atoms with van der Waals surface area (Å²) >= 11 is 1.77. The molecule has 1 aliphatic rings. The zero-order chi connectivity index (χ0) is 12.8. The Morgan fingerprint density at radius 2 is 2.44 bits per heavy atom. The minimum atomic E-state index is 0.757. The molecule has 1 unspecified atom stereocenters. The Kier molecular flexibility index (Phi) is 5.60. The van der Waals surface area contributed by atoms with E-state index in [1.165, 1.54) is 37.6 Å². The first-order valence-corrected chi connectivity index (χ1v) is 7.93. The zero-order valence-corrected chi connectivity index (χ0v) is 12.4. The molecule has 0 aliphatic carbocycles. The van der Waals surface area contributed by atoms with Crippen LogP contribution in [0.3, 0.4) is 0 Å². The molecule has 2 heterocycles. The Balaban J connectivity index is 1.59. The predicted octanol–water partition coefficient (Wildman–Crippen LogP) is 2.25. The lowest BCUT2D eigenvalue weighted by molar-refractivity contribution is 0.324. The Labute approximate surface area is 115 Å². The van der Waals surface area contributed by atoms with E-state index in [0.717, 1.165) is 24.8 Å². The molecule has 2 rings (SSSR count). The fourth-order valence-electron chi connectivity index (χ4n) is 2.49. The van der Waals surface area contributed by atoms with Crippen LogP contribution in [0.15, 0.2) is 11.6 Å². The molecular weight excluding hydrogens is 242 g/mol. The third kappa shape index (κ3) is 4.67. The number of thiazole rings is 1. The van der Waals surface area contributed by atoms with E-state index in [2.05, 4.69) is 34.4 Å². The summed E-state index contributed by atoms with van der Waals surface area (Å²) in [5.41, 5.74) is 0. The van der Waals surface area contributed by atoms with Gasteiger partial charge in [-0.15, -0.1) is 11.3 Å². The van der Waals surface area contributed by atoms with Gasteiger partial charge < -0.3 is 10.2 Å². The highest BCUT2D eigenvalue weighted by atomic mass is 32.1. The normalized spacial score (nSPS) is 20.9. The minimum absolute atomic E-state index is 0.757. The Hall–Kier alpha value is -0.450. The molecule has 1 saturated heterocycles. The van der Waals surface area contributed by atoms with Crippen molar-refractivity contribution in [2.75, 3.05) is 32.7 Å². The third-order valence-electron chi connectivity index (χ3n) is 3.48. The molecule has 0 saturated carbocycles. The van der Waals surface area contributed by atoms with Gasteiger partial charge in [0.1, 0.15) is 0 Å². The first-order valence-electron chi connectivity index (χ1n) is 7.05. The van der Waals surface area contributed by atoms with Gasteiger partial charge in [0.25, 0.3) is 0 Å². The molecule has 1 N–H and O–H groups in total. The van der Waals surface area contributed by atoms with Crippen LogP contribution >= 0.6 is 11.3 Å². The highest BCUT2D eigenvalue weighted by Gasteiger charge is 2.21. The van der Waals surface area contributed by atoms with Gasteiger partial charge in [-0.2, -0.15) is 0 Å². The van der Waals surface area contributed by atoms with Crippen LogP contribution in [0.2, 0.25) is 0 Å². The monoisotopic (exact) mass is 267 g/mol. The van der Waals surface area contributed by atoms with Gasteiger partial charge in [-0.05, 0) is 37.9 Å². The van der Waals surface area contributed by atoms with Gasteiger partial charge in [0.05, 0.1) is 5.01 Å². The maximum atomic E-state index is 4.34. The van der Waals surface area contributed by atoms with Crippen molar-refractivity contribution in [3.05, 3.63) is 16.6 Å². The second-order valence-corrected chi connectivity index (χ2v) is 6.66. The molecule has 102 valence electrons. The maximum absolute atomic E-state index is 4.34. The molecule has 18 heavy (non-hydrogen) atoms. The predicted molar refractivity (Wildman–Crippen MR) is 78.1 cm³/mol. The van der Waals surface area contributed by atoms with Gasteiger partial charge in [-0.3, -0.25) is 0 Å². The van der Waals surface area contributed by atoms with Crippen molar-refractivity contribution in [2.45, 2.75) is 26.7 Å². The highest BCUT2D eigenvalue weighted by Crippen LogP contribution is 2.16. The molecule has 3 nitrogen and oxygen atoms in total. The van der Waals surface area contributed by atoms with Crippen LogP contribution in [0, 0.1) is 11.8 Å². The molecule has 0 bridgehead atoms. The van der Waals surface area contributed by atoms with Crippen molar-refractivity contribution in [1.29, 1.82) is 0 Å². The van der Waals surface area contributed by atoms with Crippen LogP contribution in [0.25, 0.3) is 0 Å². The van der Waals surface area contributed by atoms with Crippen LogP contribution in [0.5, 0.6) is 0 Å². The summed E-state index contributed by atoms with van der Waals surface area (Å²) in [5, 5.41) is 6.92. The van der Waals surface area contributed by atoms with E-state index in [9.17, 15) is 0 Å². The molecule has 0 amide bonds. The van der Waals surface area contributed by atoms with E-state index in [1.54, 1.807) is 11.3 Å². The quantitative estimate of drug-likeness (QED) is 0.821. The first-order chi connectivity index (χ1) is 8.74. The van der Waals surface area contributed by atoms with E-state index in [0.29, 0.717) is 0 Å². The molecule has 1 aromatic rings. The van der Waals surface area contributed by atoms with Crippen LogP contribution < -0.4 is 5.32 Å². The number of likely N-dealkylation sites (tertiary alicyclic amines) is 1. The molecule has 0 radical (unpaired) electrons. The van der Waals surface area contributed by atoms with Gasteiger partial charge >= 0.3 is 0 Å². The van der Waals surface area contributed by atoms with Gasteiger partial charge in [-0.1, -0.05) is 13.8 Å². The third-order valence-corrected chi connectivity index (χ3v) is 4.32. The summed E-state index contributed by atoms with van der Waals surface area (Å²) in [4.78, 5) is 6.93. The molecule has 4 heteroatoms. The smallest absolute Gasteiger partial charge is 0.0937 e. The summed E-state index contributed by atoms with van der Waals surface area (Å²) in [6.07, 6.45) is 4.37. The summed E-state index contributed by atoms with van der Waals surface area (Å²) in [6.45, 7) is 10.6. The van der Waals surface area contributed by atoms with Crippen molar-refractivity contribution in [3.63, 3.8) is 0 Å². The average molecular weight is 267 g/mol. The largest absolute Gasteiger partial charge is 0.316 e. The van der Waals surface area contributed by atoms with Crippen LogP contribution in [0.4, 0.5) is 0 Å². The second kappa shape index (κ2) is 7.22. The van der Waals surface area contributed by atoms with Crippen molar-refractivity contribution in [2.24, 2.45) is 11.8 Å². The Bertz CT molecular complexity index is 324.